The maximum Gasteiger partial charge on any atom is 0.306 e. The Labute approximate surface area is 92.2 Å². The molecule has 2 atom stereocenters. The van der Waals surface area contributed by atoms with Gasteiger partial charge >= 0.3 is 5.97 Å². The zero-order valence-corrected chi connectivity index (χ0v) is 9.83. The molecular formula is C11H24N2O2. The fraction of sp³-hybridized carbons (Fsp3) is 0.909. The van der Waals surface area contributed by atoms with Crippen LogP contribution in [0, 0.1) is 5.92 Å². The molecule has 0 aliphatic heterocycles. The average Bonchev–Trinajstić information content (AvgIpc) is 2.18. The molecule has 0 saturated heterocycles. The first-order valence-electron chi connectivity index (χ1n) is 5.74. The zero-order chi connectivity index (χ0) is 11.7. The van der Waals surface area contributed by atoms with Gasteiger partial charge in [0.2, 0.25) is 0 Å². The molecule has 0 radical (unpaired) electrons. The molecule has 0 rings (SSSR count). The quantitative estimate of drug-likeness (QED) is 0.506. The van der Waals surface area contributed by atoms with Crippen LogP contribution in [0.15, 0.2) is 0 Å². The van der Waals surface area contributed by atoms with Crippen LogP contribution < -0.4 is 11.1 Å². The smallest absolute Gasteiger partial charge is 0.306 e. The number of rotatable bonds is 9. The summed E-state index contributed by atoms with van der Waals surface area (Å²) in [4.78, 5) is 10.6. The van der Waals surface area contributed by atoms with Crippen molar-refractivity contribution < 1.29 is 9.90 Å². The number of hydrogen-bond donors (Lipinski definition) is 3. The van der Waals surface area contributed by atoms with E-state index in [9.17, 15) is 4.79 Å². The summed E-state index contributed by atoms with van der Waals surface area (Å²) in [5.74, 6) is -0.917. The predicted molar refractivity (Wildman–Crippen MR) is 61.8 cm³/mol. The van der Waals surface area contributed by atoms with Crippen LogP contribution in [0.5, 0.6) is 0 Å². The maximum absolute atomic E-state index is 10.6. The summed E-state index contributed by atoms with van der Waals surface area (Å²) in [6, 6.07) is 0.456. The highest BCUT2D eigenvalue weighted by Gasteiger charge is 2.10. The maximum atomic E-state index is 10.6. The predicted octanol–water partition coefficient (Wildman–Crippen LogP) is 1.20. The number of carboxylic acids is 1. The van der Waals surface area contributed by atoms with Gasteiger partial charge in [-0.2, -0.15) is 0 Å². The minimum absolute atomic E-state index is 0.221. The molecule has 0 saturated carbocycles. The van der Waals surface area contributed by atoms with Crippen LogP contribution >= 0.6 is 0 Å². The molecule has 0 aromatic heterocycles. The molecule has 4 heteroatoms. The lowest BCUT2D eigenvalue weighted by molar-refractivity contribution is -0.141. The van der Waals surface area contributed by atoms with Crippen LogP contribution in [0.25, 0.3) is 0 Å². The van der Waals surface area contributed by atoms with E-state index in [-0.39, 0.29) is 5.92 Å². The Morgan fingerprint density at radius 1 is 1.33 bits per heavy atom. The van der Waals surface area contributed by atoms with Gasteiger partial charge in [-0.3, -0.25) is 4.79 Å². The van der Waals surface area contributed by atoms with Crippen molar-refractivity contribution in [1.82, 2.24) is 5.32 Å². The Bertz CT molecular complexity index is 174. The highest BCUT2D eigenvalue weighted by atomic mass is 16.4. The molecule has 4 nitrogen and oxygen atoms in total. The van der Waals surface area contributed by atoms with Crippen molar-refractivity contribution in [3.8, 4) is 0 Å². The van der Waals surface area contributed by atoms with Gasteiger partial charge in [-0.25, -0.2) is 0 Å². The lowest BCUT2D eigenvalue weighted by Crippen LogP contribution is -2.28. The fourth-order valence-electron chi connectivity index (χ4n) is 1.41. The second kappa shape index (κ2) is 8.68. The van der Waals surface area contributed by atoms with Crippen LogP contribution in [0.4, 0.5) is 0 Å². The second-order valence-corrected chi connectivity index (χ2v) is 4.17. The van der Waals surface area contributed by atoms with E-state index in [4.69, 9.17) is 10.8 Å². The van der Waals surface area contributed by atoms with Gasteiger partial charge in [0.15, 0.2) is 0 Å². The average molecular weight is 216 g/mol. The van der Waals surface area contributed by atoms with Crippen molar-refractivity contribution in [3.05, 3.63) is 0 Å². The summed E-state index contributed by atoms with van der Waals surface area (Å²) in [6.07, 6.45) is 3.75. The van der Waals surface area contributed by atoms with Crippen molar-refractivity contribution in [1.29, 1.82) is 0 Å². The molecule has 0 aliphatic carbocycles. The molecule has 90 valence electrons. The third-order valence-electron chi connectivity index (χ3n) is 2.57. The monoisotopic (exact) mass is 216 g/mol. The summed E-state index contributed by atoms with van der Waals surface area (Å²) >= 11 is 0. The van der Waals surface area contributed by atoms with Crippen molar-refractivity contribution in [2.45, 2.75) is 45.6 Å². The van der Waals surface area contributed by atoms with Crippen LogP contribution in [0.3, 0.4) is 0 Å². The van der Waals surface area contributed by atoms with Gasteiger partial charge in [0.25, 0.3) is 0 Å². The SMILES string of the molecule is CC(CCCC(C)C(=O)O)NCCCN. The van der Waals surface area contributed by atoms with Gasteiger partial charge in [-0.05, 0) is 39.3 Å². The Hall–Kier alpha value is -0.610. The van der Waals surface area contributed by atoms with Crippen LogP contribution in [0.2, 0.25) is 0 Å². The third kappa shape index (κ3) is 8.39. The number of hydrogen-bond acceptors (Lipinski definition) is 3. The number of carboxylic acid groups (broad SMARTS) is 1. The number of nitrogens with one attached hydrogen (secondary N) is 1. The molecule has 15 heavy (non-hydrogen) atoms. The topological polar surface area (TPSA) is 75.3 Å². The summed E-state index contributed by atoms with van der Waals surface area (Å²) in [6.45, 7) is 5.55. The summed E-state index contributed by atoms with van der Waals surface area (Å²) in [5.41, 5.74) is 5.38. The van der Waals surface area contributed by atoms with Gasteiger partial charge in [-0.15, -0.1) is 0 Å². The Morgan fingerprint density at radius 3 is 2.53 bits per heavy atom. The molecule has 4 N–H and O–H groups in total. The fourth-order valence-corrected chi connectivity index (χ4v) is 1.41. The summed E-state index contributed by atoms with van der Waals surface area (Å²) < 4.78 is 0. The number of nitrogens with two attached hydrogens (primary N) is 1. The lowest BCUT2D eigenvalue weighted by Gasteiger charge is -2.14. The lowest BCUT2D eigenvalue weighted by atomic mass is 10.0. The highest BCUT2D eigenvalue weighted by Crippen LogP contribution is 2.09. The molecule has 0 aromatic carbocycles. The van der Waals surface area contributed by atoms with E-state index in [1.54, 1.807) is 6.92 Å². The standard InChI is InChI=1S/C11H24N2O2/c1-9(11(14)15)5-3-6-10(2)13-8-4-7-12/h9-10,13H,3-8,12H2,1-2H3,(H,14,15). The summed E-state index contributed by atoms with van der Waals surface area (Å²) in [7, 11) is 0. The summed E-state index contributed by atoms with van der Waals surface area (Å²) in [5, 5.41) is 12.1. The van der Waals surface area contributed by atoms with Crippen molar-refractivity contribution in [2.75, 3.05) is 13.1 Å². The van der Waals surface area contributed by atoms with E-state index in [1.165, 1.54) is 0 Å². The van der Waals surface area contributed by atoms with Gasteiger partial charge < -0.3 is 16.2 Å². The Balaban J connectivity index is 3.38. The molecular weight excluding hydrogens is 192 g/mol. The largest absolute Gasteiger partial charge is 0.481 e. The van der Waals surface area contributed by atoms with Crippen molar-refractivity contribution in [2.24, 2.45) is 11.7 Å². The number of carbonyl (C=O) groups is 1. The molecule has 0 bridgehead atoms. The van der Waals surface area contributed by atoms with Crippen LogP contribution in [-0.4, -0.2) is 30.2 Å². The molecule has 0 amide bonds. The Kier molecular flexibility index (Phi) is 8.33. The highest BCUT2D eigenvalue weighted by molar-refractivity contribution is 5.69. The first kappa shape index (κ1) is 14.4. The minimum Gasteiger partial charge on any atom is -0.481 e. The van der Waals surface area contributed by atoms with E-state index >= 15 is 0 Å². The van der Waals surface area contributed by atoms with E-state index in [0.29, 0.717) is 6.04 Å². The molecule has 0 aromatic rings. The van der Waals surface area contributed by atoms with Crippen LogP contribution in [0.1, 0.15) is 39.5 Å². The molecule has 0 fully saturated rings. The van der Waals surface area contributed by atoms with E-state index in [2.05, 4.69) is 12.2 Å². The first-order chi connectivity index (χ1) is 7.07. The van der Waals surface area contributed by atoms with E-state index < -0.39 is 5.97 Å². The van der Waals surface area contributed by atoms with E-state index in [1.807, 2.05) is 0 Å². The zero-order valence-electron chi connectivity index (χ0n) is 9.83. The molecule has 0 heterocycles. The minimum atomic E-state index is -0.696. The van der Waals surface area contributed by atoms with Gasteiger partial charge in [0.05, 0.1) is 5.92 Å². The third-order valence-corrected chi connectivity index (χ3v) is 2.57. The number of aliphatic carboxylic acids is 1. The molecule has 2 unspecified atom stereocenters. The van der Waals surface area contributed by atoms with Crippen molar-refractivity contribution >= 4 is 5.97 Å². The van der Waals surface area contributed by atoms with Crippen LogP contribution in [-0.2, 0) is 4.79 Å². The van der Waals surface area contributed by atoms with E-state index in [0.717, 1.165) is 38.8 Å². The molecule has 0 spiro atoms. The van der Waals surface area contributed by atoms with Crippen molar-refractivity contribution in [3.63, 3.8) is 0 Å². The van der Waals surface area contributed by atoms with Gasteiger partial charge in [0, 0.05) is 6.04 Å². The van der Waals surface area contributed by atoms with Gasteiger partial charge in [-0.1, -0.05) is 13.3 Å². The van der Waals surface area contributed by atoms with Gasteiger partial charge in [0.1, 0.15) is 0 Å². The normalized spacial score (nSPS) is 14.9. The second-order valence-electron chi connectivity index (χ2n) is 4.17. The first-order valence-corrected chi connectivity index (χ1v) is 5.74. The molecule has 0 aliphatic rings. The Morgan fingerprint density at radius 2 is 2.00 bits per heavy atom.